The van der Waals surface area contributed by atoms with E-state index in [1.54, 1.807) is 5.56 Å². The van der Waals surface area contributed by atoms with E-state index >= 15 is 0 Å². The van der Waals surface area contributed by atoms with Gasteiger partial charge in [0.25, 0.3) is 0 Å². The second-order valence-corrected chi connectivity index (χ2v) is 15.1. The van der Waals surface area contributed by atoms with Gasteiger partial charge in [0.1, 0.15) is 7.05 Å². The lowest BCUT2D eigenvalue weighted by molar-refractivity contribution is -0.659. The first-order valence-electron chi connectivity index (χ1n) is 15.3. The molecule has 39 heavy (non-hydrogen) atoms. The number of benzene rings is 3. The number of pyridine rings is 1. The monoisotopic (exact) mass is 518 g/mol. The zero-order chi connectivity index (χ0) is 27.7. The van der Waals surface area contributed by atoms with Crippen molar-refractivity contribution < 1.29 is 4.57 Å². The first-order valence-corrected chi connectivity index (χ1v) is 15.3. The van der Waals surface area contributed by atoms with Crippen LogP contribution in [0, 0.1) is 37.0 Å². The Morgan fingerprint density at radius 1 is 0.718 bits per heavy atom. The van der Waals surface area contributed by atoms with Crippen molar-refractivity contribution in [1.29, 1.82) is 0 Å². The van der Waals surface area contributed by atoms with E-state index in [1.165, 1.54) is 94.4 Å². The fraction of sp³-hybridized carbons (Fsp3) is 0.500. The molecular weight excluding hydrogens is 470 g/mol. The molecule has 0 saturated heterocycles. The van der Waals surface area contributed by atoms with Gasteiger partial charge in [-0.15, -0.1) is 0 Å². The Balaban J connectivity index is 1.40. The summed E-state index contributed by atoms with van der Waals surface area (Å²) >= 11 is 0. The van der Waals surface area contributed by atoms with Crippen molar-refractivity contribution in [3.63, 3.8) is 0 Å². The molecule has 0 amide bonds. The molecule has 2 aliphatic carbocycles. The van der Waals surface area contributed by atoms with Crippen molar-refractivity contribution in [1.82, 2.24) is 0 Å². The Morgan fingerprint density at radius 2 is 1.36 bits per heavy atom. The summed E-state index contributed by atoms with van der Waals surface area (Å²) in [5.74, 6) is 0.672. The molecule has 4 aromatic rings. The highest BCUT2D eigenvalue weighted by molar-refractivity contribution is 6.11. The number of nitrogens with zero attached hydrogens (tertiary/aromatic N) is 1. The summed E-state index contributed by atoms with van der Waals surface area (Å²) in [6.45, 7) is 16.8. The summed E-state index contributed by atoms with van der Waals surface area (Å²) in [4.78, 5) is 0. The number of rotatable bonds is 2. The molecule has 0 bridgehead atoms. The second-order valence-electron chi connectivity index (χ2n) is 15.1. The highest BCUT2D eigenvalue weighted by atomic mass is 14.9. The van der Waals surface area contributed by atoms with Crippen LogP contribution < -0.4 is 4.57 Å². The van der Waals surface area contributed by atoms with Gasteiger partial charge in [0.2, 0.25) is 5.69 Å². The molecule has 0 N–H and O–H groups in total. The standard InChI is InChI=1S/C38H48N/c1-25-20-26(2)27(3)34(21-25)35-33-13-12-31-29(10-9-11-30(31)32(33)16-19-39(35)8)28-14-17-38(18-15-28)23-36(4,5)22-37(6,7)24-38/h9-13,16,19-21,28H,14-15,17-18,22-24H2,1-8H3/q+1. The summed E-state index contributed by atoms with van der Waals surface area (Å²) in [5, 5.41) is 5.61. The van der Waals surface area contributed by atoms with Crippen LogP contribution in [0.15, 0.2) is 54.7 Å². The molecule has 3 aromatic carbocycles. The Kier molecular flexibility index (Phi) is 6.25. The lowest BCUT2D eigenvalue weighted by Crippen LogP contribution is -2.43. The molecule has 1 nitrogen and oxygen atoms in total. The van der Waals surface area contributed by atoms with Gasteiger partial charge in [0.05, 0.1) is 10.9 Å². The maximum atomic E-state index is 2.52. The molecule has 204 valence electrons. The SMILES string of the molecule is Cc1cc(C)c(C)c(-c2c3ccc4c(C5CCC6(CC5)CC(C)(C)CC(C)(C)C6)cccc4c3cc[n+]2C)c1. The van der Waals surface area contributed by atoms with E-state index in [0.29, 0.717) is 22.2 Å². The third-order valence-corrected chi connectivity index (χ3v) is 10.4. The number of hydrogen-bond donors (Lipinski definition) is 0. The normalized spacial score (nSPS) is 20.6. The molecule has 0 radical (unpaired) electrons. The number of fused-ring (bicyclic) bond motifs is 3. The van der Waals surface area contributed by atoms with Gasteiger partial charge in [-0.25, -0.2) is 4.57 Å². The van der Waals surface area contributed by atoms with Crippen molar-refractivity contribution in [3.05, 3.63) is 77.0 Å². The van der Waals surface area contributed by atoms with Crippen molar-refractivity contribution >= 4 is 21.5 Å². The average molecular weight is 519 g/mol. The highest BCUT2D eigenvalue weighted by Crippen LogP contribution is 2.60. The zero-order valence-corrected chi connectivity index (χ0v) is 25.7. The van der Waals surface area contributed by atoms with E-state index in [9.17, 15) is 0 Å². The average Bonchev–Trinajstić information content (AvgIpc) is 2.84. The third-order valence-electron chi connectivity index (χ3n) is 10.4. The van der Waals surface area contributed by atoms with Gasteiger partial charge in [0, 0.05) is 11.5 Å². The van der Waals surface area contributed by atoms with Crippen LogP contribution in [0.4, 0.5) is 0 Å². The van der Waals surface area contributed by atoms with Gasteiger partial charge in [-0.05, 0) is 127 Å². The fourth-order valence-electron chi connectivity index (χ4n) is 9.63. The van der Waals surface area contributed by atoms with Crippen LogP contribution in [0.3, 0.4) is 0 Å². The van der Waals surface area contributed by atoms with Crippen LogP contribution in [-0.4, -0.2) is 0 Å². The molecule has 0 aliphatic heterocycles. The third kappa shape index (κ3) is 4.71. The largest absolute Gasteiger partial charge is 0.220 e. The maximum Gasteiger partial charge on any atom is 0.220 e. The van der Waals surface area contributed by atoms with Gasteiger partial charge < -0.3 is 0 Å². The van der Waals surface area contributed by atoms with Crippen molar-refractivity contribution in [2.24, 2.45) is 23.3 Å². The summed E-state index contributed by atoms with van der Waals surface area (Å²) in [6.07, 6.45) is 11.9. The van der Waals surface area contributed by atoms with Crippen LogP contribution in [0.1, 0.15) is 101 Å². The number of aryl methyl sites for hydroxylation is 3. The Labute approximate surface area is 236 Å². The van der Waals surface area contributed by atoms with E-state index in [2.05, 4.69) is 115 Å². The molecule has 1 heteroatoms. The fourth-order valence-corrected chi connectivity index (χ4v) is 9.63. The zero-order valence-electron chi connectivity index (χ0n) is 25.7. The quantitative estimate of drug-likeness (QED) is 0.183. The number of hydrogen-bond acceptors (Lipinski definition) is 0. The number of aromatic nitrogens is 1. The molecule has 0 atom stereocenters. The minimum Gasteiger partial charge on any atom is -0.200 e. The predicted molar refractivity (Wildman–Crippen MR) is 167 cm³/mol. The van der Waals surface area contributed by atoms with E-state index in [4.69, 9.17) is 0 Å². The molecule has 2 fully saturated rings. The molecule has 6 rings (SSSR count). The van der Waals surface area contributed by atoms with E-state index < -0.39 is 0 Å². The molecule has 1 aromatic heterocycles. The van der Waals surface area contributed by atoms with Crippen molar-refractivity contribution in [2.45, 2.75) is 99.3 Å². The molecular formula is C38H48N+. The summed E-state index contributed by atoms with van der Waals surface area (Å²) < 4.78 is 2.31. The van der Waals surface area contributed by atoms with Gasteiger partial charge >= 0.3 is 0 Å². The first kappa shape index (κ1) is 26.5. The van der Waals surface area contributed by atoms with Crippen LogP contribution in [-0.2, 0) is 7.05 Å². The Hall–Kier alpha value is -2.67. The lowest BCUT2D eigenvalue weighted by atomic mass is 9.51. The van der Waals surface area contributed by atoms with Gasteiger partial charge in [0.15, 0.2) is 6.20 Å². The molecule has 1 heterocycles. The summed E-state index contributed by atoms with van der Waals surface area (Å²) in [5.41, 5.74) is 9.81. The molecule has 0 unspecified atom stereocenters. The minimum atomic E-state index is 0.467. The van der Waals surface area contributed by atoms with Crippen LogP contribution >= 0.6 is 0 Å². The smallest absolute Gasteiger partial charge is 0.200 e. The Morgan fingerprint density at radius 3 is 2.05 bits per heavy atom. The van der Waals surface area contributed by atoms with Gasteiger partial charge in [-0.2, -0.15) is 0 Å². The van der Waals surface area contributed by atoms with E-state index in [1.807, 2.05) is 0 Å². The van der Waals surface area contributed by atoms with Crippen LogP contribution in [0.25, 0.3) is 32.8 Å². The Bertz CT molecular complexity index is 1560. The van der Waals surface area contributed by atoms with Crippen LogP contribution in [0.5, 0.6) is 0 Å². The van der Waals surface area contributed by atoms with E-state index in [0.717, 1.165) is 0 Å². The van der Waals surface area contributed by atoms with Gasteiger partial charge in [-0.1, -0.05) is 63.6 Å². The van der Waals surface area contributed by atoms with Crippen LogP contribution in [0.2, 0.25) is 0 Å². The van der Waals surface area contributed by atoms with Gasteiger partial charge in [-0.3, -0.25) is 0 Å². The topological polar surface area (TPSA) is 3.88 Å². The maximum absolute atomic E-state index is 2.52. The predicted octanol–water partition coefficient (Wildman–Crippen LogP) is 10.3. The second kappa shape index (κ2) is 9.18. The summed E-state index contributed by atoms with van der Waals surface area (Å²) in [7, 11) is 2.19. The molecule has 2 saturated carbocycles. The highest BCUT2D eigenvalue weighted by Gasteiger charge is 2.48. The lowest BCUT2D eigenvalue weighted by Gasteiger charge is -2.54. The van der Waals surface area contributed by atoms with Crippen molar-refractivity contribution in [3.8, 4) is 11.3 Å². The summed E-state index contributed by atoms with van der Waals surface area (Å²) in [6, 6.07) is 19.0. The molecule has 2 aliphatic rings. The first-order chi connectivity index (χ1) is 18.4. The van der Waals surface area contributed by atoms with Crippen molar-refractivity contribution in [2.75, 3.05) is 0 Å². The van der Waals surface area contributed by atoms with E-state index in [-0.39, 0.29) is 0 Å². The minimum absolute atomic E-state index is 0.467. The molecule has 1 spiro atoms.